The lowest BCUT2D eigenvalue weighted by Crippen LogP contribution is -2.33. The van der Waals surface area contributed by atoms with E-state index in [9.17, 15) is 4.79 Å². The molecule has 1 atom stereocenters. The third-order valence-electron chi connectivity index (χ3n) is 2.87. The number of nitrogens with one attached hydrogen (secondary N) is 1. The molecule has 0 saturated heterocycles. The molecule has 0 saturated carbocycles. The van der Waals surface area contributed by atoms with E-state index in [4.69, 9.17) is 14.6 Å². The number of carbonyl (C=O) groups excluding carboxylic acids is 1. The maximum Gasteiger partial charge on any atom is 0.255 e. The molecular formula is C14H20BrNO4. The Labute approximate surface area is 127 Å². The molecule has 20 heavy (non-hydrogen) atoms. The van der Waals surface area contributed by atoms with E-state index in [1.54, 1.807) is 19.2 Å². The van der Waals surface area contributed by atoms with Crippen LogP contribution in [0.5, 0.6) is 11.5 Å². The Bertz CT molecular complexity index is 465. The summed E-state index contributed by atoms with van der Waals surface area (Å²) in [6.07, 6.45) is 1.37. The number of ether oxygens (including phenoxy) is 2. The number of rotatable bonds is 7. The van der Waals surface area contributed by atoms with Gasteiger partial charge < -0.3 is 19.9 Å². The summed E-state index contributed by atoms with van der Waals surface area (Å²) in [5.74, 6) is 0.815. The quantitative estimate of drug-likeness (QED) is 0.795. The first-order valence-electron chi connectivity index (χ1n) is 6.36. The minimum atomic E-state index is -0.230. The van der Waals surface area contributed by atoms with Crippen molar-refractivity contribution >= 4 is 21.8 Å². The topological polar surface area (TPSA) is 67.8 Å². The van der Waals surface area contributed by atoms with E-state index < -0.39 is 0 Å². The van der Waals surface area contributed by atoms with Gasteiger partial charge in [0, 0.05) is 12.6 Å². The molecule has 6 heteroatoms. The molecule has 1 rings (SSSR count). The van der Waals surface area contributed by atoms with Crippen LogP contribution in [0.4, 0.5) is 0 Å². The van der Waals surface area contributed by atoms with E-state index in [0.29, 0.717) is 28.0 Å². The predicted molar refractivity (Wildman–Crippen MR) is 80.5 cm³/mol. The monoisotopic (exact) mass is 345 g/mol. The van der Waals surface area contributed by atoms with Crippen molar-refractivity contribution in [1.82, 2.24) is 5.32 Å². The van der Waals surface area contributed by atoms with Crippen molar-refractivity contribution in [1.29, 1.82) is 0 Å². The molecule has 0 aliphatic rings. The fourth-order valence-corrected chi connectivity index (χ4v) is 2.43. The predicted octanol–water partition coefficient (Wildman–Crippen LogP) is 2.36. The molecule has 5 nitrogen and oxygen atoms in total. The Hall–Kier alpha value is -1.27. The van der Waals surface area contributed by atoms with Crippen LogP contribution in [0.1, 0.15) is 30.1 Å². The molecule has 0 bridgehead atoms. The van der Waals surface area contributed by atoms with Gasteiger partial charge in [0.2, 0.25) is 0 Å². The largest absolute Gasteiger partial charge is 0.497 e. The molecule has 1 aromatic carbocycles. The SMILES string of the molecule is COc1cc(Br)c(OC)c(C(=O)NC(C)CCCO)c1. The highest BCUT2D eigenvalue weighted by atomic mass is 79.9. The molecular weight excluding hydrogens is 326 g/mol. The summed E-state index contributed by atoms with van der Waals surface area (Å²) in [5.41, 5.74) is 0.412. The van der Waals surface area contributed by atoms with Crippen LogP contribution in [0.2, 0.25) is 0 Å². The van der Waals surface area contributed by atoms with Gasteiger partial charge in [-0.3, -0.25) is 4.79 Å². The first kappa shape index (κ1) is 16.8. The Morgan fingerprint density at radius 3 is 2.65 bits per heavy atom. The summed E-state index contributed by atoms with van der Waals surface area (Å²) in [7, 11) is 3.05. The lowest BCUT2D eigenvalue weighted by molar-refractivity contribution is 0.0933. The van der Waals surface area contributed by atoms with Gasteiger partial charge in [-0.05, 0) is 47.8 Å². The lowest BCUT2D eigenvalue weighted by atomic mass is 10.1. The van der Waals surface area contributed by atoms with Crippen molar-refractivity contribution in [2.45, 2.75) is 25.8 Å². The Morgan fingerprint density at radius 1 is 1.40 bits per heavy atom. The zero-order valence-electron chi connectivity index (χ0n) is 11.9. The number of carbonyl (C=O) groups is 1. The summed E-state index contributed by atoms with van der Waals surface area (Å²) in [6.45, 7) is 2.02. The summed E-state index contributed by atoms with van der Waals surface area (Å²) in [4.78, 5) is 12.3. The molecule has 0 aliphatic carbocycles. The van der Waals surface area contributed by atoms with E-state index in [1.807, 2.05) is 6.92 Å². The van der Waals surface area contributed by atoms with Gasteiger partial charge in [0.1, 0.15) is 11.5 Å². The number of benzene rings is 1. The van der Waals surface area contributed by atoms with Crippen LogP contribution < -0.4 is 14.8 Å². The van der Waals surface area contributed by atoms with E-state index in [-0.39, 0.29) is 18.6 Å². The third-order valence-corrected chi connectivity index (χ3v) is 3.46. The molecule has 0 aliphatic heterocycles. The molecule has 0 radical (unpaired) electrons. The van der Waals surface area contributed by atoms with Gasteiger partial charge in [-0.2, -0.15) is 0 Å². The number of methoxy groups -OCH3 is 2. The summed E-state index contributed by atoms with van der Waals surface area (Å²) < 4.78 is 11.1. The molecule has 112 valence electrons. The molecule has 0 aromatic heterocycles. The summed E-state index contributed by atoms with van der Waals surface area (Å²) in [5, 5.41) is 11.7. The van der Waals surface area contributed by atoms with Crippen molar-refractivity contribution < 1.29 is 19.4 Å². The van der Waals surface area contributed by atoms with Gasteiger partial charge in [0.15, 0.2) is 0 Å². The highest BCUT2D eigenvalue weighted by molar-refractivity contribution is 9.10. The highest BCUT2D eigenvalue weighted by Gasteiger charge is 2.18. The smallest absolute Gasteiger partial charge is 0.255 e. The van der Waals surface area contributed by atoms with Crippen LogP contribution in [0.3, 0.4) is 0 Å². The molecule has 1 aromatic rings. The zero-order valence-corrected chi connectivity index (χ0v) is 13.5. The average Bonchev–Trinajstić information content (AvgIpc) is 2.43. The van der Waals surface area contributed by atoms with Crippen molar-refractivity contribution in [2.75, 3.05) is 20.8 Å². The summed E-state index contributed by atoms with van der Waals surface area (Å²) in [6, 6.07) is 3.35. The van der Waals surface area contributed by atoms with Gasteiger partial charge in [-0.25, -0.2) is 0 Å². The second-order valence-electron chi connectivity index (χ2n) is 4.43. The second-order valence-corrected chi connectivity index (χ2v) is 5.28. The van der Waals surface area contributed by atoms with E-state index in [1.165, 1.54) is 7.11 Å². The maximum absolute atomic E-state index is 12.3. The van der Waals surface area contributed by atoms with E-state index in [0.717, 1.165) is 6.42 Å². The zero-order chi connectivity index (χ0) is 15.1. The van der Waals surface area contributed by atoms with Crippen molar-refractivity contribution in [3.8, 4) is 11.5 Å². The number of hydrogen-bond donors (Lipinski definition) is 2. The van der Waals surface area contributed by atoms with Crippen molar-refractivity contribution in [3.63, 3.8) is 0 Å². The summed E-state index contributed by atoms with van der Waals surface area (Å²) >= 11 is 3.36. The fourth-order valence-electron chi connectivity index (χ4n) is 1.83. The third kappa shape index (κ3) is 4.38. The molecule has 1 unspecified atom stereocenters. The average molecular weight is 346 g/mol. The number of halogens is 1. The standard InChI is InChI=1S/C14H20BrNO4/c1-9(5-4-6-17)16-14(18)11-7-10(19-2)8-12(15)13(11)20-3/h7-9,17H,4-6H2,1-3H3,(H,16,18). The molecule has 0 heterocycles. The normalized spacial score (nSPS) is 11.8. The van der Waals surface area contributed by atoms with Gasteiger partial charge in [-0.1, -0.05) is 0 Å². The highest BCUT2D eigenvalue weighted by Crippen LogP contribution is 2.33. The van der Waals surface area contributed by atoms with E-state index >= 15 is 0 Å². The van der Waals surface area contributed by atoms with Crippen LogP contribution in [0, 0.1) is 0 Å². The first-order valence-corrected chi connectivity index (χ1v) is 7.16. The Balaban J connectivity index is 2.93. The minimum absolute atomic E-state index is 0.0238. The molecule has 1 amide bonds. The number of hydrogen-bond acceptors (Lipinski definition) is 4. The maximum atomic E-state index is 12.3. The Morgan fingerprint density at radius 2 is 2.10 bits per heavy atom. The Kier molecular flexibility index (Phi) is 6.81. The fraction of sp³-hybridized carbons (Fsp3) is 0.500. The van der Waals surface area contributed by atoms with Crippen LogP contribution in [0.15, 0.2) is 16.6 Å². The van der Waals surface area contributed by atoms with Crippen LogP contribution in [-0.2, 0) is 0 Å². The second kappa shape index (κ2) is 8.11. The van der Waals surface area contributed by atoms with Gasteiger partial charge >= 0.3 is 0 Å². The number of aliphatic hydroxyl groups excluding tert-OH is 1. The molecule has 0 spiro atoms. The molecule has 0 fully saturated rings. The number of amides is 1. The van der Waals surface area contributed by atoms with Crippen LogP contribution in [0.25, 0.3) is 0 Å². The lowest BCUT2D eigenvalue weighted by Gasteiger charge is -2.16. The van der Waals surface area contributed by atoms with Gasteiger partial charge in [-0.15, -0.1) is 0 Å². The first-order chi connectivity index (χ1) is 9.53. The molecule has 2 N–H and O–H groups in total. The van der Waals surface area contributed by atoms with Crippen LogP contribution in [-0.4, -0.2) is 37.9 Å². The van der Waals surface area contributed by atoms with E-state index in [2.05, 4.69) is 21.2 Å². The van der Waals surface area contributed by atoms with Gasteiger partial charge in [0.25, 0.3) is 5.91 Å². The van der Waals surface area contributed by atoms with Crippen molar-refractivity contribution in [2.24, 2.45) is 0 Å². The number of aliphatic hydroxyl groups is 1. The van der Waals surface area contributed by atoms with Crippen molar-refractivity contribution in [3.05, 3.63) is 22.2 Å². The van der Waals surface area contributed by atoms with Crippen LogP contribution >= 0.6 is 15.9 Å². The van der Waals surface area contributed by atoms with Gasteiger partial charge in [0.05, 0.1) is 24.3 Å². The minimum Gasteiger partial charge on any atom is -0.497 e.